The predicted molar refractivity (Wildman–Crippen MR) is 81.8 cm³/mol. The smallest absolute Gasteiger partial charge is 0.122 e. The lowest BCUT2D eigenvalue weighted by atomic mass is 9.87. The van der Waals surface area contributed by atoms with Crippen LogP contribution in [0, 0.1) is 0 Å². The monoisotopic (exact) mass is 291 g/mol. The molecule has 21 heavy (non-hydrogen) atoms. The summed E-state index contributed by atoms with van der Waals surface area (Å²) in [5.41, 5.74) is 1.23. The second kappa shape index (κ2) is 6.77. The second-order valence-electron chi connectivity index (χ2n) is 5.98. The summed E-state index contributed by atoms with van der Waals surface area (Å²) < 4.78 is 11.5. The van der Waals surface area contributed by atoms with Crippen LogP contribution in [0.15, 0.2) is 24.3 Å². The van der Waals surface area contributed by atoms with Crippen LogP contribution in [-0.4, -0.2) is 55.1 Å². The van der Waals surface area contributed by atoms with E-state index in [0.717, 1.165) is 51.4 Å². The molecular weight excluding hydrogens is 266 g/mol. The van der Waals surface area contributed by atoms with Gasteiger partial charge in [0.25, 0.3) is 0 Å². The van der Waals surface area contributed by atoms with Gasteiger partial charge in [0.15, 0.2) is 0 Å². The minimum Gasteiger partial charge on any atom is -0.493 e. The fourth-order valence-corrected chi connectivity index (χ4v) is 3.36. The molecule has 0 bridgehead atoms. The van der Waals surface area contributed by atoms with Crippen molar-refractivity contribution in [2.24, 2.45) is 0 Å². The molecule has 1 aromatic carbocycles. The number of benzene rings is 1. The third-order valence-corrected chi connectivity index (χ3v) is 4.66. The third-order valence-electron chi connectivity index (χ3n) is 4.66. The molecule has 4 heteroatoms. The number of fused-ring (bicyclic) bond motifs is 1. The van der Waals surface area contributed by atoms with Crippen LogP contribution in [0.4, 0.5) is 0 Å². The molecule has 0 amide bonds. The minimum absolute atomic E-state index is 0.0614. The summed E-state index contributed by atoms with van der Waals surface area (Å²) in [7, 11) is 0. The van der Waals surface area contributed by atoms with Crippen LogP contribution in [0.2, 0.25) is 0 Å². The molecule has 3 atom stereocenters. The van der Waals surface area contributed by atoms with E-state index in [1.807, 2.05) is 18.2 Å². The maximum absolute atomic E-state index is 10.6. The highest BCUT2D eigenvalue weighted by molar-refractivity contribution is 5.37. The topological polar surface area (TPSA) is 41.9 Å². The third kappa shape index (κ3) is 3.39. The fraction of sp³-hybridized carbons (Fsp3) is 0.647. The quantitative estimate of drug-likeness (QED) is 0.921. The van der Waals surface area contributed by atoms with Gasteiger partial charge in [-0.3, -0.25) is 4.90 Å². The van der Waals surface area contributed by atoms with Crippen molar-refractivity contribution in [1.82, 2.24) is 4.90 Å². The predicted octanol–water partition coefficient (Wildman–Crippen LogP) is 2.02. The molecule has 1 aromatic rings. The lowest BCUT2D eigenvalue weighted by Crippen LogP contribution is -2.47. The molecule has 0 spiro atoms. The van der Waals surface area contributed by atoms with E-state index < -0.39 is 6.10 Å². The van der Waals surface area contributed by atoms with Crippen molar-refractivity contribution in [2.45, 2.75) is 37.9 Å². The lowest BCUT2D eigenvalue weighted by Gasteiger charge is -2.36. The molecule has 2 aliphatic rings. The first kappa shape index (κ1) is 14.8. The first-order chi connectivity index (χ1) is 10.3. The van der Waals surface area contributed by atoms with Crippen molar-refractivity contribution in [2.75, 3.05) is 32.8 Å². The highest BCUT2D eigenvalue weighted by Gasteiger charge is 2.30. The number of hydrogen-bond acceptors (Lipinski definition) is 4. The van der Waals surface area contributed by atoms with Crippen LogP contribution in [0.3, 0.4) is 0 Å². The Bertz CT molecular complexity index is 465. The van der Waals surface area contributed by atoms with E-state index in [-0.39, 0.29) is 6.10 Å². The minimum atomic E-state index is -0.407. The zero-order valence-corrected chi connectivity index (χ0v) is 12.7. The number of morpholine rings is 1. The molecule has 1 saturated heterocycles. The summed E-state index contributed by atoms with van der Waals surface area (Å²) in [6.45, 7) is 6.44. The van der Waals surface area contributed by atoms with Gasteiger partial charge < -0.3 is 14.6 Å². The number of aliphatic hydroxyl groups is 1. The SMILES string of the molecule is CCN1CCOC(C(O)CC2CCOc3ccccc32)C1. The largest absolute Gasteiger partial charge is 0.493 e. The van der Waals surface area contributed by atoms with E-state index in [2.05, 4.69) is 17.9 Å². The Morgan fingerprint density at radius 2 is 2.19 bits per heavy atom. The number of nitrogens with zero attached hydrogens (tertiary/aromatic N) is 1. The Labute approximate surface area is 126 Å². The van der Waals surface area contributed by atoms with Gasteiger partial charge in [-0.1, -0.05) is 25.1 Å². The molecule has 4 nitrogen and oxygen atoms in total. The number of rotatable bonds is 4. The van der Waals surface area contributed by atoms with Crippen molar-refractivity contribution < 1.29 is 14.6 Å². The van der Waals surface area contributed by atoms with Crippen LogP contribution >= 0.6 is 0 Å². The summed E-state index contributed by atoms with van der Waals surface area (Å²) in [5, 5.41) is 10.6. The van der Waals surface area contributed by atoms with E-state index in [1.165, 1.54) is 5.56 Å². The maximum Gasteiger partial charge on any atom is 0.122 e. The van der Waals surface area contributed by atoms with Gasteiger partial charge >= 0.3 is 0 Å². The summed E-state index contributed by atoms with van der Waals surface area (Å²) in [5.74, 6) is 1.34. The number of aliphatic hydroxyl groups excluding tert-OH is 1. The molecule has 3 unspecified atom stereocenters. The average molecular weight is 291 g/mol. The van der Waals surface area contributed by atoms with E-state index >= 15 is 0 Å². The number of ether oxygens (including phenoxy) is 2. The van der Waals surface area contributed by atoms with Crippen molar-refractivity contribution in [3.63, 3.8) is 0 Å². The summed E-state index contributed by atoms with van der Waals surface area (Å²) in [6.07, 6.45) is 1.25. The first-order valence-corrected chi connectivity index (χ1v) is 8.01. The molecule has 3 rings (SSSR count). The highest BCUT2D eigenvalue weighted by Crippen LogP contribution is 2.36. The van der Waals surface area contributed by atoms with Crippen LogP contribution in [0.25, 0.3) is 0 Å². The molecule has 2 heterocycles. The van der Waals surface area contributed by atoms with Gasteiger partial charge in [-0.15, -0.1) is 0 Å². The van der Waals surface area contributed by atoms with Gasteiger partial charge in [-0.2, -0.15) is 0 Å². The van der Waals surface area contributed by atoms with Gasteiger partial charge in [0, 0.05) is 13.1 Å². The Balaban J connectivity index is 1.64. The molecule has 0 aliphatic carbocycles. The molecule has 0 radical (unpaired) electrons. The van der Waals surface area contributed by atoms with Crippen LogP contribution in [0.1, 0.15) is 31.2 Å². The molecule has 2 aliphatic heterocycles. The first-order valence-electron chi connectivity index (χ1n) is 8.01. The molecule has 116 valence electrons. The lowest BCUT2D eigenvalue weighted by molar-refractivity contribution is -0.0914. The summed E-state index contributed by atoms with van der Waals surface area (Å²) in [4.78, 5) is 2.34. The van der Waals surface area contributed by atoms with E-state index in [9.17, 15) is 5.11 Å². The number of likely N-dealkylation sites (N-methyl/N-ethyl adjacent to an activating group) is 1. The average Bonchev–Trinajstić information content (AvgIpc) is 2.55. The zero-order chi connectivity index (χ0) is 14.7. The standard InChI is InChI=1S/C17H25NO3/c1-2-18-8-10-21-17(12-18)15(19)11-13-7-9-20-16-6-4-3-5-14(13)16/h3-6,13,15,17,19H,2,7-12H2,1H3. The normalized spacial score (nSPS) is 27.7. The van der Waals surface area contributed by atoms with Gasteiger partial charge in [-0.25, -0.2) is 0 Å². The Kier molecular flexibility index (Phi) is 4.78. The van der Waals surface area contributed by atoms with Crippen molar-refractivity contribution in [3.05, 3.63) is 29.8 Å². The van der Waals surface area contributed by atoms with Crippen LogP contribution < -0.4 is 4.74 Å². The molecular formula is C17H25NO3. The van der Waals surface area contributed by atoms with Crippen molar-refractivity contribution >= 4 is 0 Å². The van der Waals surface area contributed by atoms with Gasteiger partial charge in [0.05, 0.1) is 25.4 Å². The van der Waals surface area contributed by atoms with Gasteiger partial charge in [0.2, 0.25) is 0 Å². The second-order valence-corrected chi connectivity index (χ2v) is 5.98. The highest BCUT2D eigenvalue weighted by atomic mass is 16.5. The molecule has 0 aromatic heterocycles. The summed E-state index contributed by atoms with van der Waals surface area (Å²) in [6, 6.07) is 8.18. The molecule has 1 N–H and O–H groups in total. The number of hydrogen-bond donors (Lipinski definition) is 1. The summed E-state index contributed by atoms with van der Waals surface area (Å²) >= 11 is 0. The molecule has 1 fully saturated rings. The zero-order valence-electron chi connectivity index (χ0n) is 12.7. The van der Waals surface area contributed by atoms with Gasteiger partial charge in [0.1, 0.15) is 5.75 Å². The Morgan fingerprint density at radius 1 is 1.33 bits per heavy atom. The Morgan fingerprint density at radius 3 is 3.05 bits per heavy atom. The van der Waals surface area contributed by atoms with Crippen LogP contribution in [0.5, 0.6) is 5.75 Å². The van der Waals surface area contributed by atoms with E-state index in [0.29, 0.717) is 5.92 Å². The van der Waals surface area contributed by atoms with Crippen LogP contribution in [-0.2, 0) is 4.74 Å². The van der Waals surface area contributed by atoms with E-state index in [1.54, 1.807) is 0 Å². The Hall–Kier alpha value is -1.10. The fourth-order valence-electron chi connectivity index (χ4n) is 3.36. The van der Waals surface area contributed by atoms with E-state index in [4.69, 9.17) is 9.47 Å². The maximum atomic E-state index is 10.6. The van der Waals surface area contributed by atoms with Gasteiger partial charge in [-0.05, 0) is 36.9 Å². The number of para-hydroxylation sites is 1. The van der Waals surface area contributed by atoms with Crippen molar-refractivity contribution in [1.29, 1.82) is 0 Å². The van der Waals surface area contributed by atoms with Crippen molar-refractivity contribution in [3.8, 4) is 5.75 Å². The molecule has 0 saturated carbocycles.